The van der Waals surface area contributed by atoms with Crippen molar-refractivity contribution in [3.05, 3.63) is 60.3 Å². The van der Waals surface area contributed by atoms with Crippen LogP contribution in [0.5, 0.6) is 0 Å². The number of carbonyl (C=O) groups excluding carboxylic acids is 1. The average Bonchev–Trinajstić information content (AvgIpc) is 3.62. The molecule has 0 radical (unpaired) electrons. The molecule has 1 aliphatic carbocycles. The fraction of sp³-hybridized carbons (Fsp3) is 0.154. The summed E-state index contributed by atoms with van der Waals surface area (Å²) in [5.41, 5.74) is 4.07. The number of hydrogen-bond donors (Lipinski definition) is 3. The van der Waals surface area contributed by atoms with Crippen LogP contribution in [0.2, 0.25) is 0 Å². The minimum absolute atomic E-state index is 0.0303. The molecule has 0 unspecified atom stereocenters. The van der Waals surface area contributed by atoms with Crippen LogP contribution < -0.4 is 5.32 Å². The van der Waals surface area contributed by atoms with Crippen LogP contribution in [0.25, 0.3) is 55.3 Å². The van der Waals surface area contributed by atoms with Crippen molar-refractivity contribution in [2.24, 2.45) is 5.92 Å². The molecule has 1 fully saturated rings. The quantitative estimate of drug-likeness (QED) is 0.279. The Balaban J connectivity index is 1.30. The fourth-order valence-electron chi connectivity index (χ4n) is 4.54. The highest BCUT2D eigenvalue weighted by molar-refractivity contribution is 7.13. The molecule has 6 aromatic heterocycles. The second kappa shape index (κ2) is 8.56. The van der Waals surface area contributed by atoms with Crippen molar-refractivity contribution in [2.75, 3.05) is 5.32 Å². The normalized spacial score (nSPS) is 13.8. The van der Waals surface area contributed by atoms with Crippen molar-refractivity contribution < 1.29 is 9.18 Å². The lowest BCUT2D eigenvalue weighted by Crippen LogP contribution is -2.28. The lowest BCUT2D eigenvalue weighted by atomic mass is 9.85. The minimum atomic E-state index is -0.553. The van der Waals surface area contributed by atoms with Gasteiger partial charge in [0.25, 0.3) is 0 Å². The summed E-state index contributed by atoms with van der Waals surface area (Å²) in [5.74, 6) is -0.138. The molecule has 0 bridgehead atoms. The van der Waals surface area contributed by atoms with Crippen LogP contribution in [0.15, 0.2) is 54.4 Å². The van der Waals surface area contributed by atoms with E-state index in [-0.39, 0.29) is 22.9 Å². The number of nitrogens with zero attached hydrogens (tertiary/aromatic N) is 5. The van der Waals surface area contributed by atoms with Gasteiger partial charge in [0, 0.05) is 23.9 Å². The maximum atomic E-state index is 16.0. The predicted octanol–water partition coefficient (Wildman–Crippen LogP) is 5.56. The number of rotatable bonds is 5. The number of H-pyrrole nitrogens is 2. The highest BCUT2D eigenvalue weighted by Gasteiger charge is 2.26. The molecular weight excluding hydrogens is 491 g/mol. The van der Waals surface area contributed by atoms with Crippen LogP contribution >= 0.6 is 11.3 Å². The summed E-state index contributed by atoms with van der Waals surface area (Å²) in [5, 5.41) is 12.3. The topological polar surface area (TPSA) is 125 Å². The van der Waals surface area contributed by atoms with Gasteiger partial charge in [-0.1, -0.05) is 12.5 Å². The second-order valence-electron chi connectivity index (χ2n) is 8.98. The number of hydrogen-bond acceptors (Lipinski definition) is 7. The Morgan fingerprint density at radius 3 is 2.81 bits per heavy atom. The zero-order chi connectivity index (χ0) is 24.9. The first kappa shape index (κ1) is 21.7. The number of carbonyl (C=O) groups is 1. The molecule has 37 heavy (non-hydrogen) atoms. The first-order valence-corrected chi connectivity index (χ1v) is 12.7. The van der Waals surface area contributed by atoms with Gasteiger partial charge in [-0.2, -0.15) is 5.10 Å². The monoisotopic (exact) mass is 510 g/mol. The number of amides is 1. The Bertz CT molecular complexity index is 1790. The van der Waals surface area contributed by atoms with Crippen molar-refractivity contribution in [1.82, 2.24) is 35.1 Å². The highest BCUT2D eigenvalue weighted by Crippen LogP contribution is 2.35. The zero-order valence-electron chi connectivity index (χ0n) is 19.3. The lowest BCUT2D eigenvalue weighted by Gasteiger charge is -2.24. The van der Waals surface area contributed by atoms with Crippen LogP contribution in [-0.4, -0.2) is 41.0 Å². The van der Waals surface area contributed by atoms with Crippen molar-refractivity contribution in [3.8, 4) is 33.3 Å². The van der Waals surface area contributed by atoms with Crippen LogP contribution in [0.1, 0.15) is 19.3 Å². The van der Waals surface area contributed by atoms with E-state index in [9.17, 15) is 4.79 Å². The molecule has 6 heterocycles. The molecule has 0 atom stereocenters. The van der Waals surface area contributed by atoms with E-state index in [1.165, 1.54) is 12.4 Å². The summed E-state index contributed by atoms with van der Waals surface area (Å²) in [6.07, 6.45) is 9.17. The van der Waals surface area contributed by atoms with Crippen molar-refractivity contribution in [1.29, 1.82) is 0 Å². The van der Waals surface area contributed by atoms with E-state index >= 15 is 4.39 Å². The van der Waals surface area contributed by atoms with E-state index < -0.39 is 5.82 Å². The number of aromatic amines is 2. The van der Waals surface area contributed by atoms with Crippen LogP contribution in [-0.2, 0) is 4.79 Å². The SMILES string of the molecule is O=C(Nc1cncc(-c2ncc3[nH]nc(-c4nc5c(-c6cccs6)nccc5[nH]4)c3c2F)c1)C1CCC1. The summed E-state index contributed by atoms with van der Waals surface area (Å²) in [6.45, 7) is 0. The minimum Gasteiger partial charge on any atom is -0.336 e. The van der Waals surface area contributed by atoms with E-state index in [0.29, 0.717) is 33.8 Å². The third-order valence-electron chi connectivity index (χ3n) is 6.68. The van der Waals surface area contributed by atoms with Gasteiger partial charge >= 0.3 is 0 Å². The largest absolute Gasteiger partial charge is 0.336 e. The van der Waals surface area contributed by atoms with Gasteiger partial charge < -0.3 is 10.3 Å². The molecule has 9 nitrogen and oxygen atoms in total. The molecule has 3 N–H and O–H groups in total. The van der Waals surface area contributed by atoms with Gasteiger partial charge in [0.15, 0.2) is 11.6 Å². The zero-order valence-corrected chi connectivity index (χ0v) is 20.1. The van der Waals surface area contributed by atoms with Gasteiger partial charge in [0.05, 0.1) is 39.4 Å². The van der Waals surface area contributed by atoms with Gasteiger partial charge in [0.1, 0.15) is 22.6 Å². The molecule has 6 aromatic rings. The third-order valence-corrected chi connectivity index (χ3v) is 7.56. The summed E-state index contributed by atoms with van der Waals surface area (Å²) >= 11 is 1.57. The maximum Gasteiger partial charge on any atom is 0.227 e. The molecule has 0 saturated heterocycles. The van der Waals surface area contributed by atoms with Crippen molar-refractivity contribution in [3.63, 3.8) is 0 Å². The number of imidazole rings is 1. The number of anilines is 1. The summed E-state index contributed by atoms with van der Waals surface area (Å²) in [7, 11) is 0. The van der Waals surface area contributed by atoms with E-state index in [1.807, 2.05) is 23.6 Å². The molecule has 1 aliphatic rings. The smallest absolute Gasteiger partial charge is 0.227 e. The molecule has 0 spiro atoms. The van der Waals surface area contributed by atoms with Crippen LogP contribution in [0.4, 0.5) is 10.1 Å². The second-order valence-corrected chi connectivity index (χ2v) is 9.93. The van der Waals surface area contributed by atoms with Gasteiger partial charge in [-0.15, -0.1) is 11.3 Å². The Morgan fingerprint density at radius 1 is 1.08 bits per heavy atom. The highest BCUT2D eigenvalue weighted by atomic mass is 32.1. The number of pyridine rings is 3. The first-order chi connectivity index (χ1) is 18.2. The number of fused-ring (bicyclic) bond motifs is 2. The molecule has 7 rings (SSSR count). The Kier molecular flexibility index (Phi) is 5.03. The summed E-state index contributed by atoms with van der Waals surface area (Å²) < 4.78 is 16.0. The maximum absolute atomic E-state index is 16.0. The first-order valence-electron chi connectivity index (χ1n) is 11.8. The number of aromatic nitrogens is 7. The molecule has 0 aromatic carbocycles. The third kappa shape index (κ3) is 3.66. The standard InChI is InChI=1S/C26H19FN8OS/c27-20-19-17(12-30-21(20)14-9-15(11-28-10-14)31-26(36)13-3-1-4-13)34-35-24(19)25-32-16-6-7-29-23(22(16)33-25)18-5-2-8-37-18/h2,5-13H,1,3-4H2,(H,31,36)(H,32,33)(H,34,35). The van der Waals surface area contributed by atoms with Gasteiger partial charge in [0.2, 0.25) is 5.91 Å². The number of halogens is 1. The lowest BCUT2D eigenvalue weighted by molar-refractivity contribution is -0.122. The van der Waals surface area contributed by atoms with Crippen molar-refractivity contribution >= 4 is 44.9 Å². The number of thiophene rings is 1. The van der Waals surface area contributed by atoms with E-state index in [4.69, 9.17) is 4.98 Å². The molecule has 1 amide bonds. The van der Waals surface area contributed by atoms with Crippen LogP contribution in [0, 0.1) is 11.7 Å². The Labute approximate surface area is 213 Å². The molecule has 182 valence electrons. The molecule has 0 aliphatic heterocycles. The fourth-order valence-corrected chi connectivity index (χ4v) is 5.26. The Morgan fingerprint density at radius 2 is 2.00 bits per heavy atom. The van der Waals surface area contributed by atoms with Gasteiger partial charge in [-0.3, -0.25) is 24.8 Å². The average molecular weight is 511 g/mol. The Hall–Kier alpha value is -4.51. The predicted molar refractivity (Wildman–Crippen MR) is 139 cm³/mol. The van der Waals surface area contributed by atoms with Crippen LogP contribution in [0.3, 0.4) is 0 Å². The number of nitrogens with one attached hydrogen (secondary N) is 3. The van der Waals surface area contributed by atoms with Gasteiger partial charge in [-0.05, 0) is 36.4 Å². The summed E-state index contributed by atoms with van der Waals surface area (Å²) in [6, 6.07) is 7.46. The molecular formula is C26H19FN8OS. The van der Waals surface area contributed by atoms with Crippen molar-refractivity contribution in [2.45, 2.75) is 19.3 Å². The molecule has 11 heteroatoms. The van der Waals surface area contributed by atoms with E-state index in [0.717, 1.165) is 35.4 Å². The summed E-state index contributed by atoms with van der Waals surface area (Å²) in [4.78, 5) is 34.4. The molecule has 1 saturated carbocycles. The van der Waals surface area contributed by atoms with E-state index in [2.05, 4.69) is 35.5 Å². The van der Waals surface area contributed by atoms with Gasteiger partial charge in [-0.25, -0.2) is 9.37 Å². The van der Waals surface area contributed by atoms with E-state index in [1.54, 1.807) is 29.8 Å².